The van der Waals surface area contributed by atoms with Gasteiger partial charge >= 0.3 is 0 Å². The van der Waals surface area contributed by atoms with E-state index < -0.39 is 5.91 Å². The molecule has 3 rings (SSSR count). The van der Waals surface area contributed by atoms with E-state index in [0.29, 0.717) is 11.3 Å². The van der Waals surface area contributed by atoms with Gasteiger partial charge in [0, 0.05) is 36.6 Å². The molecule has 7 nitrogen and oxygen atoms in total. The van der Waals surface area contributed by atoms with Crippen LogP contribution in [0.4, 0.5) is 5.95 Å². The van der Waals surface area contributed by atoms with E-state index in [4.69, 9.17) is 5.73 Å². The van der Waals surface area contributed by atoms with Crippen molar-refractivity contribution < 1.29 is 4.79 Å². The van der Waals surface area contributed by atoms with Crippen molar-refractivity contribution >= 4 is 11.9 Å². The topological polar surface area (TPSA) is 97.9 Å². The van der Waals surface area contributed by atoms with E-state index in [1.54, 1.807) is 6.92 Å². The number of aryl methyl sites for hydroxylation is 3. The zero-order valence-corrected chi connectivity index (χ0v) is 14.3. The van der Waals surface area contributed by atoms with Gasteiger partial charge in [0.25, 0.3) is 5.91 Å². The third-order valence-corrected chi connectivity index (χ3v) is 4.30. The van der Waals surface area contributed by atoms with Crippen LogP contribution >= 0.6 is 0 Å². The van der Waals surface area contributed by atoms with E-state index in [1.165, 1.54) is 6.20 Å². The number of hydrogen-bond acceptors (Lipinski definition) is 6. The number of carbonyl (C=O) groups is 1. The molecule has 0 unspecified atom stereocenters. The quantitative estimate of drug-likeness (QED) is 0.921. The van der Waals surface area contributed by atoms with Gasteiger partial charge in [0.1, 0.15) is 5.82 Å². The van der Waals surface area contributed by atoms with Gasteiger partial charge in [-0.2, -0.15) is 0 Å². The van der Waals surface area contributed by atoms with Gasteiger partial charge in [-0.05, 0) is 39.7 Å². The molecule has 0 bridgehead atoms. The maximum atomic E-state index is 11.3. The van der Waals surface area contributed by atoms with Crippen molar-refractivity contribution in [3.63, 3.8) is 0 Å². The van der Waals surface area contributed by atoms with Crippen LogP contribution < -0.4 is 10.6 Å². The first kappa shape index (κ1) is 16.3. The Morgan fingerprint density at radius 2 is 1.92 bits per heavy atom. The molecular formula is C17H22N6O. The zero-order chi connectivity index (χ0) is 17.3. The summed E-state index contributed by atoms with van der Waals surface area (Å²) in [6.07, 6.45) is 3.57. The predicted octanol–water partition coefficient (Wildman–Crippen LogP) is 1.67. The highest BCUT2D eigenvalue weighted by atomic mass is 16.1. The van der Waals surface area contributed by atoms with Crippen molar-refractivity contribution in [2.45, 2.75) is 39.5 Å². The average molecular weight is 326 g/mol. The predicted molar refractivity (Wildman–Crippen MR) is 91.0 cm³/mol. The maximum absolute atomic E-state index is 11.3. The molecule has 0 spiro atoms. The summed E-state index contributed by atoms with van der Waals surface area (Å²) in [5.41, 5.74) is 8.28. The van der Waals surface area contributed by atoms with E-state index >= 15 is 0 Å². The SMILES string of the molecule is Cc1cc(C)nc(N2CCC[C@H](c3ncc(C(N)=O)c(C)n3)C2)n1. The third kappa shape index (κ3) is 3.34. The Morgan fingerprint density at radius 3 is 2.54 bits per heavy atom. The molecule has 1 aliphatic heterocycles. The van der Waals surface area contributed by atoms with E-state index in [9.17, 15) is 4.79 Å². The molecule has 1 aliphatic rings. The Labute approximate surface area is 141 Å². The highest BCUT2D eigenvalue weighted by Gasteiger charge is 2.26. The lowest BCUT2D eigenvalue weighted by atomic mass is 9.97. The Hall–Kier alpha value is -2.57. The molecule has 1 fully saturated rings. The first-order valence-electron chi connectivity index (χ1n) is 8.14. The van der Waals surface area contributed by atoms with Crippen LogP contribution in [0.1, 0.15) is 52.0 Å². The summed E-state index contributed by atoms with van der Waals surface area (Å²) < 4.78 is 0. The second-order valence-electron chi connectivity index (χ2n) is 6.33. The fourth-order valence-corrected chi connectivity index (χ4v) is 3.14. The molecule has 2 N–H and O–H groups in total. The van der Waals surface area contributed by atoms with Gasteiger partial charge in [-0.15, -0.1) is 0 Å². The second-order valence-corrected chi connectivity index (χ2v) is 6.33. The van der Waals surface area contributed by atoms with Crippen molar-refractivity contribution in [1.29, 1.82) is 0 Å². The number of carbonyl (C=O) groups excluding carboxylic acids is 1. The highest BCUT2D eigenvalue weighted by molar-refractivity contribution is 5.93. The smallest absolute Gasteiger partial charge is 0.252 e. The number of nitrogens with two attached hydrogens (primary N) is 1. The fourth-order valence-electron chi connectivity index (χ4n) is 3.14. The molecule has 7 heteroatoms. The molecular weight excluding hydrogens is 304 g/mol. The number of aromatic nitrogens is 4. The standard InChI is InChI=1S/C17H22N6O/c1-10-7-11(2)21-17(20-10)23-6-4-5-13(9-23)16-19-8-14(15(18)24)12(3)22-16/h7-8,13H,4-6,9H2,1-3H3,(H2,18,24)/t13-/m0/s1. The van der Waals surface area contributed by atoms with Gasteiger partial charge < -0.3 is 10.6 Å². The number of primary amides is 1. The van der Waals surface area contributed by atoms with Crippen molar-refractivity contribution in [3.05, 3.63) is 40.7 Å². The summed E-state index contributed by atoms with van der Waals surface area (Å²) in [6.45, 7) is 7.46. The first-order valence-corrected chi connectivity index (χ1v) is 8.14. The summed E-state index contributed by atoms with van der Waals surface area (Å²) in [6, 6.07) is 1.97. The Balaban J connectivity index is 1.83. The van der Waals surface area contributed by atoms with Crippen LogP contribution in [0, 0.1) is 20.8 Å². The summed E-state index contributed by atoms with van der Waals surface area (Å²) in [4.78, 5) is 31.5. The normalized spacial score (nSPS) is 17.8. The molecule has 1 amide bonds. The first-order chi connectivity index (χ1) is 11.4. The zero-order valence-electron chi connectivity index (χ0n) is 14.3. The number of amides is 1. The van der Waals surface area contributed by atoms with Gasteiger partial charge in [0.05, 0.1) is 11.3 Å². The monoisotopic (exact) mass is 326 g/mol. The van der Waals surface area contributed by atoms with Crippen LogP contribution in [0.3, 0.4) is 0 Å². The Bertz CT molecular complexity index is 755. The number of hydrogen-bond donors (Lipinski definition) is 1. The largest absolute Gasteiger partial charge is 0.365 e. The minimum absolute atomic E-state index is 0.198. The van der Waals surface area contributed by atoms with Gasteiger partial charge in [0.2, 0.25) is 5.95 Å². The third-order valence-electron chi connectivity index (χ3n) is 4.30. The molecule has 0 saturated carbocycles. The summed E-state index contributed by atoms with van der Waals surface area (Å²) in [5.74, 6) is 1.23. The maximum Gasteiger partial charge on any atom is 0.252 e. The van der Waals surface area contributed by atoms with E-state index in [-0.39, 0.29) is 5.92 Å². The lowest BCUT2D eigenvalue weighted by Crippen LogP contribution is -2.36. The molecule has 1 atom stereocenters. The van der Waals surface area contributed by atoms with Crippen LogP contribution in [0.2, 0.25) is 0 Å². The minimum atomic E-state index is -0.493. The molecule has 2 aromatic heterocycles. The van der Waals surface area contributed by atoms with Gasteiger partial charge in [0.15, 0.2) is 0 Å². The van der Waals surface area contributed by atoms with Crippen LogP contribution in [0.25, 0.3) is 0 Å². The number of nitrogens with zero attached hydrogens (tertiary/aromatic N) is 5. The van der Waals surface area contributed by atoms with Gasteiger partial charge in [-0.3, -0.25) is 4.79 Å². The van der Waals surface area contributed by atoms with E-state index in [1.807, 2.05) is 19.9 Å². The molecule has 0 radical (unpaired) electrons. The minimum Gasteiger partial charge on any atom is -0.365 e. The molecule has 126 valence electrons. The Morgan fingerprint density at radius 1 is 1.21 bits per heavy atom. The van der Waals surface area contributed by atoms with Crippen LogP contribution in [-0.4, -0.2) is 38.9 Å². The Kier molecular flexibility index (Phi) is 4.42. The van der Waals surface area contributed by atoms with Crippen LogP contribution in [-0.2, 0) is 0 Å². The summed E-state index contributed by atoms with van der Waals surface area (Å²) in [7, 11) is 0. The molecule has 0 aromatic carbocycles. The lowest BCUT2D eigenvalue weighted by molar-refractivity contribution is 0.0999. The fraction of sp³-hybridized carbons (Fsp3) is 0.471. The summed E-state index contributed by atoms with van der Waals surface area (Å²) in [5, 5.41) is 0. The highest BCUT2D eigenvalue weighted by Crippen LogP contribution is 2.27. The van der Waals surface area contributed by atoms with Gasteiger partial charge in [-0.25, -0.2) is 19.9 Å². The van der Waals surface area contributed by atoms with Crippen LogP contribution in [0.5, 0.6) is 0 Å². The number of rotatable bonds is 3. The van der Waals surface area contributed by atoms with Crippen molar-refractivity contribution in [2.75, 3.05) is 18.0 Å². The van der Waals surface area contributed by atoms with Crippen molar-refractivity contribution in [2.24, 2.45) is 5.73 Å². The second kappa shape index (κ2) is 6.51. The van der Waals surface area contributed by atoms with Crippen molar-refractivity contribution in [1.82, 2.24) is 19.9 Å². The van der Waals surface area contributed by atoms with Crippen LogP contribution in [0.15, 0.2) is 12.3 Å². The number of piperidine rings is 1. The van der Waals surface area contributed by atoms with Crippen molar-refractivity contribution in [3.8, 4) is 0 Å². The summed E-state index contributed by atoms with van der Waals surface area (Å²) >= 11 is 0. The molecule has 2 aromatic rings. The molecule has 24 heavy (non-hydrogen) atoms. The molecule has 1 saturated heterocycles. The number of anilines is 1. The molecule has 3 heterocycles. The van der Waals surface area contributed by atoms with Gasteiger partial charge in [-0.1, -0.05) is 0 Å². The lowest BCUT2D eigenvalue weighted by Gasteiger charge is -2.32. The molecule has 0 aliphatic carbocycles. The van der Waals surface area contributed by atoms with E-state index in [2.05, 4.69) is 24.8 Å². The van der Waals surface area contributed by atoms with E-state index in [0.717, 1.165) is 49.1 Å². The average Bonchev–Trinajstić information content (AvgIpc) is 2.53.